The lowest BCUT2D eigenvalue weighted by molar-refractivity contribution is 0.312. The Kier molecular flexibility index (Phi) is 4.59. The fraction of sp³-hybridized carbons (Fsp3) is 0.333. The maximum Gasteiger partial charge on any atom is 0.346 e. The van der Waals surface area contributed by atoms with Crippen molar-refractivity contribution in [1.29, 1.82) is 0 Å². The molecule has 0 amide bonds. The average molecular weight is 428 g/mol. The van der Waals surface area contributed by atoms with Crippen LogP contribution >= 0.6 is 0 Å². The summed E-state index contributed by atoms with van der Waals surface area (Å²) < 4.78 is 44.4. The molecule has 0 saturated carbocycles. The topological polar surface area (TPSA) is 77.2 Å². The molecule has 0 N–H and O–H groups in total. The van der Waals surface area contributed by atoms with Crippen LogP contribution < -0.4 is 5.69 Å². The summed E-state index contributed by atoms with van der Waals surface area (Å²) in [5.41, 5.74) is 0.761. The molecule has 2 aliphatic rings. The average Bonchev–Trinajstić information content (AvgIpc) is 3.19. The molecular formula is C21H21FN4O3S. The highest BCUT2D eigenvalue weighted by molar-refractivity contribution is 7.89. The van der Waals surface area contributed by atoms with Gasteiger partial charge in [0.2, 0.25) is 10.0 Å². The van der Waals surface area contributed by atoms with Gasteiger partial charge in [0.1, 0.15) is 11.6 Å². The van der Waals surface area contributed by atoms with Gasteiger partial charge in [0.15, 0.2) is 0 Å². The van der Waals surface area contributed by atoms with Crippen LogP contribution in [0.25, 0.3) is 0 Å². The molecule has 7 nitrogen and oxygen atoms in total. The van der Waals surface area contributed by atoms with Crippen LogP contribution in [0, 0.1) is 5.82 Å². The van der Waals surface area contributed by atoms with Crippen LogP contribution in [0.3, 0.4) is 0 Å². The summed E-state index contributed by atoms with van der Waals surface area (Å²) in [5.74, 6) is 0.134. The van der Waals surface area contributed by atoms with Crippen LogP contribution in [-0.2, 0) is 29.5 Å². The molecule has 1 fully saturated rings. The molecular weight excluding hydrogens is 407 g/mol. The van der Waals surface area contributed by atoms with Gasteiger partial charge in [-0.1, -0.05) is 30.3 Å². The summed E-state index contributed by atoms with van der Waals surface area (Å²) in [7, 11) is -3.79. The summed E-state index contributed by atoms with van der Waals surface area (Å²) in [6, 6.07) is 13.9. The van der Waals surface area contributed by atoms with Crippen molar-refractivity contribution in [2.75, 3.05) is 0 Å². The Balaban J connectivity index is 1.47. The molecule has 9 heteroatoms. The van der Waals surface area contributed by atoms with E-state index in [0.29, 0.717) is 31.6 Å². The van der Waals surface area contributed by atoms with E-state index in [1.54, 1.807) is 4.57 Å². The van der Waals surface area contributed by atoms with E-state index in [1.165, 1.54) is 21.1 Å². The van der Waals surface area contributed by atoms with Gasteiger partial charge < -0.3 is 0 Å². The van der Waals surface area contributed by atoms with Crippen LogP contribution in [0.2, 0.25) is 0 Å². The van der Waals surface area contributed by atoms with E-state index in [1.807, 2.05) is 30.3 Å². The van der Waals surface area contributed by atoms with Gasteiger partial charge in [-0.2, -0.15) is 9.40 Å². The molecule has 1 saturated heterocycles. The van der Waals surface area contributed by atoms with Crippen molar-refractivity contribution < 1.29 is 12.8 Å². The zero-order valence-corrected chi connectivity index (χ0v) is 17.0. The van der Waals surface area contributed by atoms with Crippen LogP contribution in [0.15, 0.2) is 64.3 Å². The normalized spacial score (nSPS) is 21.4. The first kappa shape index (κ1) is 19.2. The van der Waals surface area contributed by atoms with E-state index >= 15 is 0 Å². The predicted octanol–water partition coefficient (Wildman–Crippen LogP) is 2.01. The number of hydrogen-bond donors (Lipinski definition) is 0. The zero-order valence-electron chi connectivity index (χ0n) is 16.2. The number of hydrogen-bond acceptors (Lipinski definition) is 4. The third-order valence-electron chi connectivity index (χ3n) is 5.93. The summed E-state index contributed by atoms with van der Waals surface area (Å²) in [4.78, 5) is 13.0. The Labute approximate surface area is 173 Å². The molecule has 0 aliphatic carbocycles. The van der Waals surface area contributed by atoms with Gasteiger partial charge in [0, 0.05) is 25.0 Å². The predicted molar refractivity (Wildman–Crippen MR) is 108 cm³/mol. The van der Waals surface area contributed by atoms with Crippen LogP contribution in [0.5, 0.6) is 0 Å². The second-order valence-electron chi connectivity index (χ2n) is 7.83. The molecule has 2 unspecified atom stereocenters. The molecule has 3 heterocycles. The molecule has 0 spiro atoms. The Morgan fingerprint density at radius 1 is 1.00 bits per heavy atom. The van der Waals surface area contributed by atoms with E-state index in [0.717, 1.165) is 17.7 Å². The monoisotopic (exact) mass is 428 g/mol. The fourth-order valence-corrected chi connectivity index (χ4v) is 6.38. The molecule has 30 heavy (non-hydrogen) atoms. The van der Waals surface area contributed by atoms with Crippen molar-refractivity contribution in [2.24, 2.45) is 0 Å². The van der Waals surface area contributed by atoms with Gasteiger partial charge in [0.25, 0.3) is 0 Å². The summed E-state index contributed by atoms with van der Waals surface area (Å²) >= 11 is 0. The number of fused-ring (bicyclic) bond motifs is 3. The minimum Gasteiger partial charge on any atom is -0.277 e. The van der Waals surface area contributed by atoms with Crippen LogP contribution in [0.4, 0.5) is 4.39 Å². The molecule has 5 rings (SSSR count). The van der Waals surface area contributed by atoms with Gasteiger partial charge in [-0.15, -0.1) is 0 Å². The smallest absolute Gasteiger partial charge is 0.277 e. The first-order valence-electron chi connectivity index (χ1n) is 9.93. The van der Waals surface area contributed by atoms with Gasteiger partial charge >= 0.3 is 5.69 Å². The highest BCUT2D eigenvalue weighted by Gasteiger charge is 2.45. The van der Waals surface area contributed by atoms with Crippen molar-refractivity contribution in [3.05, 3.63) is 82.3 Å². The molecule has 3 aromatic rings. The molecule has 1 aromatic heterocycles. The summed E-state index contributed by atoms with van der Waals surface area (Å²) in [6.45, 7) is 0.659. The van der Waals surface area contributed by atoms with E-state index < -0.39 is 15.8 Å². The molecule has 0 radical (unpaired) electrons. The second-order valence-corrected chi connectivity index (χ2v) is 9.67. The van der Waals surface area contributed by atoms with Crippen molar-refractivity contribution in [3.8, 4) is 0 Å². The Morgan fingerprint density at radius 2 is 1.70 bits per heavy atom. The molecule has 2 aromatic carbocycles. The number of rotatable bonds is 4. The second kappa shape index (κ2) is 7.17. The number of sulfonamides is 1. The third kappa shape index (κ3) is 3.18. The first-order valence-corrected chi connectivity index (χ1v) is 11.4. The van der Waals surface area contributed by atoms with Gasteiger partial charge in [-0.25, -0.2) is 22.3 Å². The maximum atomic E-state index is 13.3. The molecule has 2 atom stereocenters. The summed E-state index contributed by atoms with van der Waals surface area (Å²) in [6.07, 6.45) is 1.78. The van der Waals surface area contributed by atoms with Crippen molar-refractivity contribution in [3.63, 3.8) is 0 Å². The largest absolute Gasteiger partial charge is 0.346 e. The van der Waals surface area contributed by atoms with Crippen molar-refractivity contribution in [1.82, 2.24) is 18.7 Å². The van der Waals surface area contributed by atoms with Crippen LogP contribution in [0.1, 0.15) is 24.2 Å². The minimum atomic E-state index is -3.79. The van der Waals surface area contributed by atoms with Gasteiger partial charge in [-0.05, 0) is 42.7 Å². The highest BCUT2D eigenvalue weighted by Crippen LogP contribution is 2.35. The Bertz CT molecular complexity index is 1240. The zero-order chi connectivity index (χ0) is 20.9. The maximum absolute atomic E-state index is 13.3. The number of halogens is 1. The van der Waals surface area contributed by atoms with E-state index in [4.69, 9.17) is 0 Å². The van der Waals surface area contributed by atoms with Gasteiger partial charge in [0.05, 0.1) is 11.4 Å². The number of aromatic nitrogens is 3. The SMILES string of the molecule is O=c1n(Cc2ccccc2)nc2n1CC1CCC(C2)N1S(=O)(=O)c1ccc(F)cc1. The standard InChI is InChI=1S/C21H21FN4O3S/c22-16-6-10-19(11-7-16)30(28,29)26-17-8-9-18(26)14-24-20(12-17)23-25(21(24)27)13-15-4-2-1-3-5-15/h1-7,10-11,17-18H,8-9,12-14H2. The molecule has 2 bridgehead atoms. The first-order chi connectivity index (χ1) is 14.4. The van der Waals surface area contributed by atoms with Crippen molar-refractivity contribution >= 4 is 10.0 Å². The lowest BCUT2D eigenvalue weighted by Gasteiger charge is -2.26. The Morgan fingerprint density at radius 3 is 2.43 bits per heavy atom. The highest BCUT2D eigenvalue weighted by atomic mass is 32.2. The number of benzene rings is 2. The van der Waals surface area contributed by atoms with E-state index in [9.17, 15) is 17.6 Å². The van der Waals surface area contributed by atoms with E-state index in [2.05, 4.69) is 5.10 Å². The fourth-order valence-electron chi connectivity index (χ4n) is 4.52. The molecule has 2 aliphatic heterocycles. The quantitative estimate of drug-likeness (QED) is 0.637. The van der Waals surface area contributed by atoms with Gasteiger partial charge in [-0.3, -0.25) is 4.57 Å². The Hall–Kier alpha value is -2.78. The number of nitrogens with zero attached hydrogens (tertiary/aromatic N) is 4. The summed E-state index contributed by atoms with van der Waals surface area (Å²) in [5, 5.41) is 4.52. The van der Waals surface area contributed by atoms with E-state index in [-0.39, 0.29) is 29.2 Å². The van der Waals surface area contributed by atoms with Crippen LogP contribution in [-0.4, -0.2) is 39.2 Å². The molecule has 156 valence electrons. The third-order valence-corrected chi connectivity index (χ3v) is 7.95. The minimum absolute atomic E-state index is 0.0711. The lowest BCUT2D eigenvalue weighted by Crippen LogP contribution is -2.42. The van der Waals surface area contributed by atoms with Crippen molar-refractivity contribution in [2.45, 2.75) is 49.3 Å². The lowest BCUT2D eigenvalue weighted by atomic mass is 10.1.